The van der Waals surface area contributed by atoms with Gasteiger partial charge in [0.05, 0.1) is 6.42 Å². The van der Waals surface area contributed by atoms with Crippen LogP contribution in [-0.2, 0) is 16.0 Å². The van der Waals surface area contributed by atoms with Gasteiger partial charge in [0.15, 0.2) is 0 Å². The van der Waals surface area contributed by atoms with Crippen molar-refractivity contribution in [3.8, 4) is 0 Å². The van der Waals surface area contributed by atoms with E-state index in [1.165, 1.54) is 4.90 Å². The molecule has 4 nitrogen and oxygen atoms in total. The van der Waals surface area contributed by atoms with E-state index in [9.17, 15) is 9.59 Å². The van der Waals surface area contributed by atoms with Crippen LogP contribution in [0.15, 0.2) is 24.3 Å². The van der Waals surface area contributed by atoms with Crippen LogP contribution in [-0.4, -0.2) is 35.0 Å². The lowest BCUT2D eigenvalue weighted by Gasteiger charge is -2.23. The van der Waals surface area contributed by atoms with Gasteiger partial charge in [0, 0.05) is 6.54 Å². The van der Waals surface area contributed by atoms with E-state index in [0.717, 1.165) is 11.1 Å². The highest BCUT2D eigenvalue weighted by Gasteiger charge is 2.18. The summed E-state index contributed by atoms with van der Waals surface area (Å²) in [6.45, 7) is 6.12. The fourth-order valence-corrected chi connectivity index (χ4v) is 1.94. The number of rotatable bonds is 6. The largest absolute Gasteiger partial charge is 0.480 e. The van der Waals surface area contributed by atoms with Gasteiger partial charge in [-0.15, -0.1) is 0 Å². The van der Waals surface area contributed by atoms with Gasteiger partial charge in [0.2, 0.25) is 5.91 Å². The summed E-state index contributed by atoms with van der Waals surface area (Å²) >= 11 is 0. The van der Waals surface area contributed by atoms with Gasteiger partial charge in [0.25, 0.3) is 0 Å². The first-order valence-electron chi connectivity index (χ1n) is 6.44. The molecule has 1 N–H and O–H groups in total. The quantitative estimate of drug-likeness (QED) is 0.855. The minimum Gasteiger partial charge on any atom is -0.480 e. The molecule has 0 fully saturated rings. The molecule has 0 aromatic heterocycles. The Labute approximate surface area is 114 Å². The molecule has 104 valence electrons. The van der Waals surface area contributed by atoms with Crippen LogP contribution in [0.2, 0.25) is 0 Å². The third-order valence-corrected chi connectivity index (χ3v) is 2.87. The summed E-state index contributed by atoms with van der Waals surface area (Å²) in [5.74, 6) is -0.857. The van der Waals surface area contributed by atoms with Crippen LogP contribution in [0.1, 0.15) is 25.0 Å². The molecular weight excluding hydrogens is 242 g/mol. The fourth-order valence-electron chi connectivity index (χ4n) is 1.94. The number of hydrogen-bond donors (Lipinski definition) is 1. The normalized spacial score (nSPS) is 10.5. The third-order valence-electron chi connectivity index (χ3n) is 2.87. The minimum absolute atomic E-state index is 0.134. The lowest BCUT2D eigenvalue weighted by atomic mass is 10.0. The summed E-state index contributed by atoms with van der Waals surface area (Å²) in [7, 11) is 0. The molecule has 0 spiro atoms. The first kappa shape index (κ1) is 15.2. The average Bonchev–Trinajstić information content (AvgIpc) is 2.30. The summed E-state index contributed by atoms with van der Waals surface area (Å²) in [5.41, 5.74) is 2.00. The van der Waals surface area contributed by atoms with Crippen molar-refractivity contribution < 1.29 is 14.7 Å². The van der Waals surface area contributed by atoms with Gasteiger partial charge in [-0.05, 0) is 24.0 Å². The second-order valence-corrected chi connectivity index (χ2v) is 5.17. The van der Waals surface area contributed by atoms with Gasteiger partial charge < -0.3 is 10.0 Å². The molecule has 1 amide bonds. The fraction of sp³-hybridized carbons (Fsp3) is 0.467. The van der Waals surface area contributed by atoms with Crippen molar-refractivity contribution in [2.45, 2.75) is 27.2 Å². The highest BCUT2D eigenvalue weighted by atomic mass is 16.4. The smallest absolute Gasteiger partial charge is 0.323 e. The Hall–Kier alpha value is -1.84. The van der Waals surface area contributed by atoms with E-state index in [1.807, 2.05) is 45.0 Å². The molecule has 0 unspecified atom stereocenters. The van der Waals surface area contributed by atoms with E-state index < -0.39 is 5.97 Å². The molecule has 0 aliphatic rings. The van der Waals surface area contributed by atoms with Gasteiger partial charge in [-0.3, -0.25) is 9.59 Å². The van der Waals surface area contributed by atoms with E-state index >= 15 is 0 Å². The van der Waals surface area contributed by atoms with Crippen molar-refractivity contribution in [1.29, 1.82) is 0 Å². The van der Waals surface area contributed by atoms with Crippen LogP contribution < -0.4 is 0 Å². The van der Waals surface area contributed by atoms with Crippen molar-refractivity contribution >= 4 is 11.9 Å². The number of benzene rings is 1. The number of nitrogens with zero attached hydrogens (tertiary/aromatic N) is 1. The Morgan fingerprint density at radius 3 is 2.42 bits per heavy atom. The molecule has 0 heterocycles. The Balaban J connectivity index is 2.76. The van der Waals surface area contributed by atoms with E-state index in [-0.39, 0.29) is 24.8 Å². The van der Waals surface area contributed by atoms with Gasteiger partial charge in [-0.25, -0.2) is 0 Å². The molecule has 0 radical (unpaired) electrons. The summed E-state index contributed by atoms with van der Waals surface area (Å²) in [6.07, 6.45) is 0.257. The maximum absolute atomic E-state index is 12.2. The van der Waals surface area contributed by atoms with E-state index in [2.05, 4.69) is 0 Å². The number of carbonyl (C=O) groups is 2. The molecule has 19 heavy (non-hydrogen) atoms. The number of aryl methyl sites for hydroxylation is 1. The number of aliphatic carboxylic acids is 1. The lowest BCUT2D eigenvalue weighted by molar-refractivity contribution is -0.144. The second-order valence-electron chi connectivity index (χ2n) is 5.17. The zero-order chi connectivity index (χ0) is 14.4. The third kappa shape index (κ3) is 5.12. The lowest BCUT2D eigenvalue weighted by Crippen LogP contribution is -2.39. The SMILES string of the molecule is Cc1ccccc1CC(=O)N(CC(=O)O)CC(C)C. The molecule has 0 saturated carbocycles. The molecule has 0 aliphatic carbocycles. The van der Waals surface area contributed by atoms with Gasteiger partial charge in [-0.2, -0.15) is 0 Å². The maximum atomic E-state index is 12.2. The molecule has 0 bridgehead atoms. The Bertz CT molecular complexity index is 454. The zero-order valence-corrected chi connectivity index (χ0v) is 11.7. The monoisotopic (exact) mass is 263 g/mol. The molecule has 1 aromatic rings. The van der Waals surface area contributed by atoms with Crippen LogP contribution in [0.5, 0.6) is 0 Å². The average molecular weight is 263 g/mol. The predicted octanol–water partition coefficient (Wildman–Crippen LogP) is 2.11. The molecule has 0 atom stereocenters. The number of carboxylic acids is 1. The van der Waals surface area contributed by atoms with Crippen molar-refractivity contribution in [3.05, 3.63) is 35.4 Å². The Kier molecular flexibility index (Phi) is 5.55. The first-order valence-corrected chi connectivity index (χ1v) is 6.44. The number of carbonyl (C=O) groups excluding carboxylic acids is 1. The van der Waals surface area contributed by atoms with Crippen LogP contribution in [0, 0.1) is 12.8 Å². The van der Waals surface area contributed by atoms with Crippen LogP contribution in [0.3, 0.4) is 0 Å². The first-order chi connectivity index (χ1) is 8.90. The molecular formula is C15H21NO3. The highest BCUT2D eigenvalue weighted by molar-refractivity contribution is 5.83. The topological polar surface area (TPSA) is 57.6 Å². The van der Waals surface area contributed by atoms with E-state index in [0.29, 0.717) is 6.54 Å². The van der Waals surface area contributed by atoms with Crippen molar-refractivity contribution in [2.24, 2.45) is 5.92 Å². The van der Waals surface area contributed by atoms with Crippen molar-refractivity contribution in [2.75, 3.05) is 13.1 Å². The molecule has 1 rings (SSSR count). The standard InChI is InChI=1S/C15H21NO3/c1-11(2)9-16(10-15(18)19)14(17)8-13-7-5-4-6-12(13)3/h4-7,11H,8-10H2,1-3H3,(H,18,19). The number of carboxylic acid groups (broad SMARTS) is 1. The summed E-state index contributed by atoms with van der Waals surface area (Å²) in [4.78, 5) is 24.4. The summed E-state index contributed by atoms with van der Waals surface area (Å²) < 4.78 is 0. The summed E-state index contributed by atoms with van der Waals surface area (Å²) in [5, 5.41) is 8.87. The van der Waals surface area contributed by atoms with Crippen LogP contribution >= 0.6 is 0 Å². The van der Waals surface area contributed by atoms with Gasteiger partial charge in [0.1, 0.15) is 6.54 Å². The van der Waals surface area contributed by atoms with Gasteiger partial charge in [-0.1, -0.05) is 38.1 Å². The highest BCUT2D eigenvalue weighted by Crippen LogP contribution is 2.10. The number of hydrogen-bond acceptors (Lipinski definition) is 2. The van der Waals surface area contributed by atoms with E-state index in [4.69, 9.17) is 5.11 Å². The molecule has 0 saturated heterocycles. The maximum Gasteiger partial charge on any atom is 0.323 e. The Morgan fingerprint density at radius 1 is 1.26 bits per heavy atom. The minimum atomic E-state index is -0.973. The van der Waals surface area contributed by atoms with Crippen LogP contribution in [0.25, 0.3) is 0 Å². The van der Waals surface area contributed by atoms with Crippen molar-refractivity contribution in [1.82, 2.24) is 4.90 Å². The molecule has 1 aromatic carbocycles. The second kappa shape index (κ2) is 6.92. The zero-order valence-electron chi connectivity index (χ0n) is 11.7. The van der Waals surface area contributed by atoms with Crippen LogP contribution in [0.4, 0.5) is 0 Å². The Morgan fingerprint density at radius 2 is 1.89 bits per heavy atom. The van der Waals surface area contributed by atoms with E-state index in [1.54, 1.807) is 0 Å². The van der Waals surface area contributed by atoms with Gasteiger partial charge >= 0.3 is 5.97 Å². The van der Waals surface area contributed by atoms with Crippen molar-refractivity contribution in [3.63, 3.8) is 0 Å². The number of amides is 1. The molecule has 4 heteroatoms. The summed E-state index contributed by atoms with van der Waals surface area (Å²) in [6, 6.07) is 7.67. The predicted molar refractivity (Wildman–Crippen MR) is 73.9 cm³/mol. The molecule has 0 aliphatic heterocycles.